The van der Waals surface area contributed by atoms with Crippen LogP contribution in [0, 0.1) is 12.7 Å². The van der Waals surface area contributed by atoms with Crippen LogP contribution in [-0.2, 0) is 12.0 Å². The first-order valence-electron chi connectivity index (χ1n) is 8.35. The molecule has 3 rings (SSSR count). The van der Waals surface area contributed by atoms with Gasteiger partial charge in [-0.25, -0.2) is 9.37 Å². The second-order valence-electron chi connectivity index (χ2n) is 6.22. The Morgan fingerprint density at radius 1 is 1.29 bits per heavy atom. The Hall–Kier alpha value is -1.50. The lowest BCUT2D eigenvalue weighted by Crippen LogP contribution is -2.27. The molecule has 0 bridgehead atoms. The van der Waals surface area contributed by atoms with Crippen molar-refractivity contribution in [3.05, 3.63) is 45.7 Å². The maximum atomic E-state index is 12.9. The molecule has 2 heterocycles. The number of hydrogen-bond donors (Lipinski definition) is 2. The Kier molecular flexibility index (Phi) is 5.48. The van der Waals surface area contributed by atoms with E-state index in [9.17, 15) is 9.50 Å². The van der Waals surface area contributed by atoms with Crippen LogP contribution < -0.4 is 10.1 Å². The highest BCUT2D eigenvalue weighted by Crippen LogP contribution is 2.35. The van der Waals surface area contributed by atoms with Gasteiger partial charge in [0.15, 0.2) is 0 Å². The molecule has 0 amide bonds. The van der Waals surface area contributed by atoms with Crippen LogP contribution in [0.2, 0.25) is 0 Å². The standard InChI is InChI=1S/C18H23FN2O2S/c1-13-16(7-12-23-15-5-3-14(19)4-6-15)24-17(21-13)18(22)8-2-10-20-11-9-18/h3-6,20,22H,2,7-12H2,1H3/t18-/m0/s1. The fourth-order valence-electron chi connectivity index (χ4n) is 2.92. The number of halogens is 1. The third-order valence-corrected chi connectivity index (χ3v) is 5.77. The van der Waals surface area contributed by atoms with Gasteiger partial charge in [-0.15, -0.1) is 11.3 Å². The summed E-state index contributed by atoms with van der Waals surface area (Å²) in [5, 5.41) is 15.1. The fourth-order valence-corrected chi connectivity index (χ4v) is 4.11. The van der Waals surface area contributed by atoms with Crippen molar-refractivity contribution in [1.29, 1.82) is 0 Å². The highest BCUT2D eigenvalue weighted by molar-refractivity contribution is 7.11. The van der Waals surface area contributed by atoms with Crippen LogP contribution in [0.4, 0.5) is 4.39 Å². The van der Waals surface area contributed by atoms with Gasteiger partial charge in [-0.2, -0.15) is 0 Å². The number of thiazole rings is 1. The first-order chi connectivity index (χ1) is 11.6. The van der Waals surface area contributed by atoms with Crippen molar-refractivity contribution >= 4 is 11.3 Å². The fraction of sp³-hybridized carbons (Fsp3) is 0.500. The maximum Gasteiger partial charge on any atom is 0.125 e. The summed E-state index contributed by atoms with van der Waals surface area (Å²) in [6, 6.07) is 6.03. The summed E-state index contributed by atoms with van der Waals surface area (Å²) in [6.07, 6.45) is 3.14. The van der Waals surface area contributed by atoms with Gasteiger partial charge >= 0.3 is 0 Å². The van der Waals surface area contributed by atoms with Crippen LogP contribution in [0.25, 0.3) is 0 Å². The first-order valence-corrected chi connectivity index (χ1v) is 9.17. The lowest BCUT2D eigenvalue weighted by Gasteiger charge is -2.23. The van der Waals surface area contributed by atoms with E-state index in [-0.39, 0.29) is 5.82 Å². The van der Waals surface area contributed by atoms with Gasteiger partial charge in [0.25, 0.3) is 0 Å². The molecule has 130 valence electrons. The highest BCUT2D eigenvalue weighted by Gasteiger charge is 2.33. The van der Waals surface area contributed by atoms with Crippen LogP contribution in [0.1, 0.15) is 34.8 Å². The summed E-state index contributed by atoms with van der Waals surface area (Å²) >= 11 is 1.58. The summed E-state index contributed by atoms with van der Waals surface area (Å²) in [5.41, 5.74) is 0.151. The molecule has 1 aliphatic rings. The van der Waals surface area contributed by atoms with Gasteiger partial charge in [0.05, 0.1) is 12.3 Å². The molecule has 1 aromatic carbocycles. The average molecular weight is 350 g/mol. The van der Waals surface area contributed by atoms with E-state index in [1.165, 1.54) is 12.1 Å². The van der Waals surface area contributed by atoms with E-state index in [2.05, 4.69) is 10.3 Å². The van der Waals surface area contributed by atoms with Gasteiger partial charge in [-0.05, 0) is 63.5 Å². The number of aryl methyl sites for hydroxylation is 1. The van der Waals surface area contributed by atoms with E-state index in [4.69, 9.17) is 4.74 Å². The topological polar surface area (TPSA) is 54.4 Å². The molecule has 0 radical (unpaired) electrons. The zero-order chi connectivity index (χ0) is 17.0. The van der Waals surface area contributed by atoms with Crippen molar-refractivity contribution in [3.8, 4) is 5.75 Å². The Morgan fingerprint density at radius 3 is 2.88 bits per heavy atom. The SMILES string of the molecule is Cc1nc([C@]2(O)CCCNCC2)sc1CCOc1ccc(F)cc1. The minimum Gasteiger partial charge on any atom is -0.493 e. The molecule has 1 aliphatic heterocycles. The Balaban J connectivity index is 1.62. The van der Waals surface area contributed by atoms with Gasteiger partial charge < -0.3 is 15.2 Å². The third-order valence-electron chi connectivity index (χ3n) is 4.36. The molecule has 1 atom stereocenters. The van der Waals surface area contributed by atoms with Gasteiger partial charge in [-0.1, -0.05) is 0 Å². The number of nitrogens with zero attached hydrogens (tertiary/aromatic N) is 1. The van der Waals surface area contributed by atoms with Crippen molar-refractivity contribution in [1.82, 2.24) is 10.3 Å². The van der Waals surface area contributed by atoms with Crippen LogP contribution in [0.15, 0.2) is 24.3 Å². The number of rotatable bonds is 5. The molecule has 2 N–H and O–H groups in total. The number of aliphatic hydroxyl groups is 1. The molecule has 0 spiro atoms. The minimum absolute atomic E-state index is 0.267. The van der Waals surface area contributed by atoms with Crippen molar-refractivity contribution in [2.45, 2.75) is 38.2 Å². The summed E-state index contributed by atoms with van der Waals surface area (Å²) in [6.45, 7) is 4.25. The molecule has 1 fully saturated rings. The zero-order valence-electron chi connectivity index (χ0n) is 13.8. The second kappa shape index (κ2) is 7.59. The van der Waals surface area contributed by atoms with Crippen molar-refractivity contribution < 1.29 is 14.2 Å². The van der Waals surface area contributed by atoms with Crippen molar-refractivity contribution in [2.75, 3.05) is 19.7 Å². The number of aromatic nitrogens is 1. The lowest BCUT2D eigenvalue weighted by molar-refractivity contribution is 0.0237. The van der Waals surface area contributed by atoms with Gasteiger partial charge in [0, 0.05) is 11.3 Å². The number of ether oxygens (including phenoxy) is 1. The molecular weight excluding hydrogens is 327 g/mol. The van der Waals surface area contributed by atoms with E-state index in [0.717, 1.165) is 47.9 Å². The molecule has 1 saturated heterocycles. The first kappa shape index (κ1) is 17.3. The van der Waals surface area contributed by atoms with E-state index in [0.29, 0.717) is 18.8 Å². The number of nitrogens with one attached hydrogen (secondary N) is 1. The maximum absolute atomic E-state index is 12.9. The molecule has 24 heavy (non-hydrogen) atoms. The molecule has 2 aromatic rings. The third kappa shape index (κ3) is 4.12. The molecule has 0 unspecified atom stereocenters. The summed E-state index contributed by atoms with van der Waals surface area (Å²) in [5.74, 6) is 0.392. The van der Waals surface area contributed by atoms with Gasteiger partial charge in [0.2, 0.25) is 0 Å². The normalized spacial score (nSPS) is 21.5. The van der Waals surface area contributed by atoms with E-state index in [1.807, 2.05) is 6.92 Å². The zero-order valence-corrected chi connectivity index (χ0v) is 14.7. The minimum atomic E-state index is -0.811. The van der Waals surface area contributed by atoms with Gasteiger partial charge in [0.1, 0.15) is 22.2 Å². The van der Waals surface area contributed by atoms with Crippen LogP contribution in [0.5, 0.6) is 5.75 Å². The Labute approximate surface area is 145 Å². The molecule has 0 aliphatic carbocycles. The van der Waals surface area contributed by atoms with Crippen molar-refractivity contribution in [2.24, 2.45) is 0 Å². The second-order valence-corrected chi connectivity index (χ2v) is 7.30. The Morgan fingerprint density at radius 2 is 2.08 bits per heavy atom. The van der Waals surface area contributed by atoms with E-state index >= 15 is 0 Å². The predicted molar refractivity (Wildman–Crippen MR) is 93.1 cm³/mol. The lowest BCUT2D eigenvalue weighted by atomic mass is 9.96. The average Bonchev–Trinajstić information content (AvgIpc) is 2.79. The Bertz CT molecular complexity index is 664. The van der Waals surface area contributed by atoms with E-state index in [1.54, 1.807) is 23.5 Å². The van der Waals surface area contributed by atoms with E-state index < -0.39 is 5.60 Å². The largest absolute Gasteiger partial charge is 0.493 e. The summed E-state index contributed by atoms with van der Waals surface area (Å²) < 4.78 is 18.5. The molecular formula is C18H23FN2O2S. The summed E-state index contributed by atoms with van der Waals surface area (Å²) in [7, 11) is 0. The monoisotopic (exact) mass is 350 g/mol. The smallest absolute Gasteiger partial charge is 0.125 e. The van der Waals surface area contributed by atoms with Gasteiger partial charge in [-0.3, -0.25) is 0 Å². The molecule has 4 nitrogen and oxygen atoms in total. The van der Waals surface area contributed by atoms with Crippen LogP contribution in [0.3, 0.4) is 0 Å². The quantitative estimate of drug-likeness (QED) is 0.870. The van der Waals surface area contributed by atoms with Crippen LogP contribution >= 0.6 is 11.3 Å². The molecule has 0 saturated carbocycles. The van der Waals surface area contributed by atoms with Crippen LogP contribution in [-0.4, -0.2) is 29.8 Å². The van der Waals surface area contributed by atoms with Crippen molar-refractivity contribution in [3.63, 3.8) is 0 Å². The predicted octanol–water partition coefficient (Wildman–Crippen LogP) is 3.17. The number of benzene rings is 1. The summed E-state index contributed by atoms with van der Waals surface area (Å²) in [4.78, 5) is 5.76. The number of hydrogen-bond acceptors (Lipinski definition) is 5. The highest BCUT2D eigenvalue weighted by atomic mass is 32.1. The molecule has 1 aromatic heterocycles. The molecule has 6 heteroatoms.